The number of hydrogen-bond acceptors (Lipinski definition) is 5. The van der Waals surface area contributed by atoms with Crippen LogP contribution in [0.2, 0.25) is 0 Å². The van der Waals surface area contributed by atoms with E-state index >= 15 is 0 Å². The first-order valence-electron chi connectivity index (χ1n) is 9.09. The fourth-order valence-corrected chi connectivity index (χ4v) is 4.59. The van der Waals surface area contributed by atoms with E-state index in [1.165, 1.54) is 11.3 Å². The number of fused-ring (bicyclic) bond motifs is 4. The molecule has 2 aromatic rings. The van der Waals surface area contributed by atoms with Gasteiger partial charge in [0.1, 0.15) is 0 Å². The van der Waals surface area contributed by atoms with E-state index in [4.69, 9.17) is 0 Å². The second-order valence-corrected chi connectivity index (χ2v) is 7.83. The summed E-state index contributed by atoms with van der Waals surface area (Å²) in [6.45, 7) is 5.55. The Labute approximate surface area is 156 Å². The minimum Gasteiger partial charge on any atom is -0.334 e. The van der Waals surface area contributed by atoms with Crippen LogP contribution in [0.15, 0.2) is 10.9 Å². The molecule has 2 bridgehead atoms. The average Bonchev–Trinajstić information content (AvgIpc) is 3.19. The van der Waals surface area contributed by atoms with Crippen LogP contribution < -0.4 is 0 Å². The largest absolute Gasteiger partial charge is 0.334 e. The molecule has 0 aliphatic carbocycles. The van der Waals surface area contributed by atoms with Crippen LogP contribution >= 0.6 is 11.3 Å². The number of H-pyrrole nitrogens is 1. The van der Waals surface area contributed by atoms with E-state index in [0.717, 1.165) is 36.2 Å². The Hall–Kier alpha value is -2.22. The molecule has 0 radical (unpaired) electrons. The monoisotopic (exact) mass is 373 g/mol. The topological polar surface area (TPSA) is 82.2 Å². The summed E-state index contributed by atoms with van der Waals surface area (Å²) in [5.74, 6) is -0.0440. The van der Waals surface area contributed by atoms with Crippen LogP contribution in [-0.2, 0) is 17.8 Å². The lowest BCUT2D eigenvalue weighted by atomic mass is 9.94. The normalized spacial score (nSPS) is 22.8. The summed E-state index contributed by atoms with van der Waals surface area (Å²) >= 11 is 1.54. The molecule has 0 spiro atoms. The van der Waals surface area contributed by atoms with E-state index in [1.807, 2.05) is 29.0 Å². The molecular weight excluding hydrogens is 350 g/mol. The number of carbonyl (C=O) groups is 2. The van der Waals surface area contributed by atoms with Crippen molar-refractivity contribution in [3.63, 3.8) is 0 Å². The van der Waals surface area contributed by atoms with Crippen molar-refractivity contribution in [2.24, 2.45) is 5.92 Å². The van der Waals surface area contributed by atoms with Crippen LogP contribution in [-0.4, -0.2) is 55.9 Å². The molecule has 5 rings (SSSR count). The lowest BCUT2D eigenvalue weighted by Crippen LogP contribution is -2.47. The summed E-state index contributed by atoms with van der Waals surface area (Å²) in [6, 6.07) is 0.0526. The second-order valence-electron chi connectivity index (χ2n) is 7.11. The van der Waals surface area contributed by atoms with Gasteiger partial charge in [0, 0.05) is 35.8 Å². The summed E-state index contributed by atoms with van der Waals surface area (Å²) < 4.78 is 0. The zero-order valence-electron chi connectivity index (χ0n) is 15.1. The molecular formula is C18H23N5O2S. The number of nitrogens with zero attached hydrogens (tertiary/aromatic N) is 4. The van der Waals surface area contributed by atoms with E-state index < -0.39 is 0 Å². The zero-order chi connectivity index (χ0) is 18.3. The van der Waals surface area contributed by atoms with E-state index in [0.29, 0.717) is 25.3 Å². The molecule has 3 saturated heterocycles. The number of aromatic nitrogens is 3. The van der Waals surface area contributed by atoms with Gasteiger partial charge in [0.05, 0.1) is 23.7 Å². The lowest BCUT2D eigenvalue weighted by Gasteiger charge is -2.35. The number of amides is 2. The van der Waals surface area contributed by atoms with Crippen molar-refractivity contribution in [3.05, 3.63) is 33.5 Å². The summed E-state index contributed by atoms with van der Waals surface area (Å²) in [7, 11) is 0. The quantitative estimate of drug-likeness (QED) is 0.889. The third kappa shape index (κ3) is 2.92. The van der Waals surface area contributed by atoms with Gasteiger partial charge < -0.3 is 9.80 Å². The SMILES string of the molecule is CCc1[nH]nc(C(=O)N2C[C@@H]3CC[C@H](C2)N(Cc2cscn2)C3=O)c1C. The molecule has 2 atom stereocenters. The molecule has 0 unspecified atom stereocenters. The average molecular weight is 373 g/mol. The summed E-state index contributed by atoms with van der Waals surface area (Å²) in [5, 5.41) is 9.18. The number of aryl methyl sites for hydroxylation is 1. The Morgan fingerprint density at radius 1 is 1.38 bits per heavy atom. The van der Waals surface area contributed by atoms with Gasteiger partial charge >= 0.3 is 0 Å². The van der Waals surface area contributed by atoms with E-state index in [1.54, 1.807) is 5.51 Å². The molecule has 1 N–H and O–H groups in total. The van der Waals surface area contributed by atoms with Crippen LogP contribution in [0.5, 0.6) is 0 Å². The number of nitrogens with one attached hydrogen (secondary N) is 1. The Kier molecular flexibility index (Phi) is 4.52. The van der Waals surface area contributed by atoms with Gasteiger partial charge in [-0.2, -0.15) is 5.10 Å². The van der Waals surface area contributed by atoms with Gasteiger partial charge in [-0.05, 0) is 26.2 Å². The minimum absolute atomic E-state index is 0.0526. The van der Waals surface area contributed by atoms with Crippen LogP contribution in [0.4, 0.5) is 0 Å². The number of piperidine rings is 1. The molecule has 7 nitrogen and oxygen atoms in total. The smallest absolute Gasteiger partial charge is 0.274 e. The van der Waals surface area contributed by atoms with Crippen LogP contribution in [0, 0.1) is 12.8 Å². The van der Waals surface area contributed by atoms with Gasteiger partial charge in [-0.1, -0.05) is 6.92 Å². The molecule has 5 heterocycles. The number of rotatable bonds is 4. The number of aromatic amines is 1. The van der Waals surface area contributed by atoms with E-state index in [2.05, 4.69) is 15.2 Å². The Balaban J connectivity index is 1.56. The minimum atomic E-state index is -0.124. The van der Waals surface area contributed by atoms with Crippen molar-refractivity contribution < 1.29 is 9.59 Å². The summed E-state index contributed by atoms with van der Waals surface area (Å²) in [6.07, 6.45) is 2.60. The van der Waals surface area contributed by atoms with Gasteiger partial charge in [0.15, 0.2) is 5.69 Å². The van der Waals surface area contributed by atoms with Crippen molar-refractivity contribution >= 4 is 23.2 Å². The second kappa shape index (κ2) is 6.83. The first-order valence-corrected chi connectivity index (χ1v) is 10.0. The number of carbonyl (C=O) groups excluding carboxylic acids is 2. The predicted octanol–water partition coefficient (Wildman–Crippen LogP) is 2.00. The highest BCUT2D eigenvalue weighted by Gasteiger charge is 2.42. The molecule has 3 aliphatic rings. The van der Waals surface area contributed by atoms with Crippen LogP contribution in [0.3, 0.4) is 0 Å². The number of hydrogen-bond donors (Lipinski definition) is 1. The van der Waals surface area contributed by atoms with E-state index in [-0.39, 0.29) is 23.8 Å². The predicted molar refractivity (Wildman–Crippen MR) is 97.8 cm³/mol. The Morgan fingerprint density at radius 2 is 2.23 bits per heavy atom. The molecule has 138 valence electrons. The maximum Gasteiger partial charge on any atom is 0.274 e. The standard InChI is InChI=1S/C18H23N5O2S/c1-3-15-11(2)16(21-20-15)18(25)22-6-12-4-5-14(8-22)23(17(12)24)7-13-9-26-10-19-13/h9-10,12,14H,3-8H2,1-2H3,(H,20,21)/t12-,14+/m0/s1. The first-order chi connectivity index (χ1) is 12.6. The van der Waals surface area contributed by atoms with Gasteiger partial charge in [-0.15, -0.1) is 11.3 Å². The molecule has 3 fully saturated rings. The molecule has 0 aromatic carbocycles. The molecule has 2 aromatic heterocycles. The van der Waals surface area contributed by atoms with Gasteiger partial charge in [-0.25, -0.2) is 4.98 Å². The highest BCUT2D eigenvalue weighted by molar-refractivity contribution is 7.07. The fraction of sp³-hybridized carbons (Fsp3) is 0.556. The van der Waals surface area contributed by atoms with Crippen molar-refractivity contribution in [2.75, 3.05) is 13.1 Å². The lowest BCUT2D eigenvalue weighted by molar-refractivity contribution is -0.140. The maximum atomic E-state index is 13.1. The van der Waals surface area contributed by atoms with Crippen molar-refractivity contribution in [1.82, 2.24) is 25.0 Å². The third-order valence-electron chi connectivity index (χ3n) is 5.56. The third-order valence-corrected chi connectivity index (χ3v) is 6.20. The van der Waals surface area contributed by atoms with Crippen molar-refractivity contribution in [3.8, 4) is 0 Å². The van der Waals surface area contributed by atoms with Crippen molar-refractivity contribution in [1.29, 1.82) is 0 Å². The van der Waals surface area contributed by atoms with Crippen molar-refractivity contribution in [2.45, 2.75) is 45.7 Å². The fourth-order valence-electron chi connectivity index (χ4n) is 4.04. The van der Waals surface area contributed by atoms with E-state index in [9.17, 15) is 9.59 Å². The molecule has 2 amide bonds. The highest BCUT2D eigenvalue weighted by Crippen LogP contribution is 2.31. The zero-order valence-corrected chi connectivity index (χ0v) is 15.9. The van der Waals surface area contributed by atoms with Gasteiger partial charge in [-0.3, -0.25) is 14.7 Å². The summed E-state index contributed by atoms with van der Waals surface area (Å²) in [4.78, 5) is 34.0. The molecule has 26 heavy (non-hydrogen) atoms. The van der Waals surface area contributed by atoms with Gasteiger partial charge in [0.2, 0.25) is 5.91 Å². The maximum absolute atomic E-state index is 13.1. The Morgan fingerprint density at radius 3 is 2.92 bits per heavy atom. The highest BCUT2D eigenvalue weighted by atomic mass is 32.1. The van der Waals surface area contributed by atoms with Gasteiger partial charge in [0.25, 0.3) is 5.91 Å². The van der Waals surface area contributed by atoms with Crippen LogP contribution in [0.1, 0.15) is 47.2 Å². The Bertz CT molecular complexity index is 816. The molecule has 3 aliphatic heterocycles. The number of thiazole rings is 1. The first kappa shape index (κ1) is 17.2. The molecule has 0 saturated carbocycles. The molecule has 8 heteroatoms. The summed E-state index contributed by atoms with van der Waals surface area (Å²) in [5.41, 5.74) is 5.11. The van der Waals surface area contributed by atoms with Crippen LogP contribution in [0.25, 0.3) is 0 Å².